The maximum Gasteiger partial charge on any atom is 0.334 e. The number of hydrogen-bond donors (Lipinski definition) is 0. The van der Waals surface area contributed by atoms with Crippen LogP contribution in [-0.4, -0.2) is 52.1 Å². The van der Waals surface area contributed by atoms with E-state index < -0.39 is 45.6 Å². The fraction of sp³-hybridized carbons (Fsp3) is 0.737. The van der Waals surface area contributed by atoms with Crippen LogP contribution >= 0.6 is 0 Å². The molecule has 0 saturated heterocycles. The Labute approximate surface area is 165 Å². The van der Waals surface area contributed by atoms with Gasteiger partial charge < -0.3 is 14.2 Å². The zero-order valence-corrected chi connectivity index (χ0v) is 20.4. The van der Waals surface area contributed by atoms with Crippen LogP contribution in [0.25, 0.3) is 0 Å². The van der Waals surface area contributed by atoms with Crippen molar-refractivity contribution in [3.05, 3.63) is 12.2 Å². The predicted octanol–water partition coefficient (Wildman–Crippen LogP) is 3.73. The molecule has 0 aliphatic rings. The number of hydrogen-bond acceptors (Lipinski definition) is 6. The van der Waals surface area contributed by atoms with Gasteiger partial charge in [-0.3, -0.25) is 9.59 Å². The standard InChI is InChI=1S/C19H36O6Si2/c1-14(17(21)25-19(2,3)4)15(18(22)24-13-27(8,9)10)11-16(20)23-12-26(5,6)7/h15H,1,11-13H2,2-10H3. The second-order valence-corrected chi connectivity index (χ2v) is 21.0. The van der Waals surface area contributed by atoms with Gasteiger partial charge in [-0.05, 0) is 20.8 Å². The first kappa shape index (κ1) is 25.6. The molecule has 0 aliphatic carbocycles. The van der Waals surface area contributed by atoms with Crippen LogP contribution in [0, 0.1) is 5.92 Å². The van der Waals surface area contributed by atoms with Crippen LogP contribution in [0.15, 0.2) is 12.2 Å². The van der Waals surface area contributed by atoms with Crippen molar-refractivity contribution in [2.24, 2.45) is 5.92 Å². The van der Waals surface area contributed by atoms with Crippen molar-refractivity contribution < 1.29 is 28.6 Å². The van der Waals surface area contributed by atoms with Gasteiger partial charge in [0.1, 0.15) is 5.60 Å². The van der Waals surface area contributed by atoms with E-state index in [-0.39, 0.29) is 12.0 Å². The van der Waals surface area contributed by atoms with Crippen LogP contribution in [0.4, 0.5) is 0 Å². The zero-order chi connectivity index (χ0) is 21.6. The summed E-state index contributed by atoms with van der Waals surface area (Å²) < 4.78 is 16.0. The minimum Gasteiger partial charge on any atom is -0.469 e. The quantitative estimate of drug-likeness (QED) is 0.247. The first-order valence-corrected chi connectivity index (χ1v) is 16.6. The maximum absolute atomic E-state index is 12.6. The highest BCUT2D eigenvalue weighted by atomic mass is 28.3. The van der Waals surface area contributed by atoms with Gasteiger partial charge in [0.2, 0.25) is 0 Å². The van der Waals surface area contributed by atoms with Crippen LogP contribution in [0.2, 0.25) is 39.3 Å². The molecule has 1 unspecified atom stereocenters. The molecule has 6 nitrogen and oxygen atoms in total. The first-order valence-electron chi connectivity index (χ1n) is 9.16. The lowest BCUT2D eigenvalue weighted by molar-refractivity contribution is -0.157. The van der Waals surface area contributed by atoms with Crippen molar-refractivity contribution in [3.63, 3.8) is 0 Å². The molecule has 0 spiro atoms. The Kier molecular flexibility index (Phi) is 9.17. The maximum atomic E-state index is 12.6. The fourth-order valence-corrected chi connectivity index (χ4v) is 2.91. The van der Waals surface area contributed by atoms with E-state index in [9.17, 15) is 14.4 Å². The van der Waals surface area contributed by atoms with E-state index >= 15 is 0 Å². The van der Waals surface area contributed by atoms with Crippen molar-refractivity contribution >= 4 is 34.1 Å². The summed E-state index contributed by atoms with van der Waals surface area (Å²) in [7, 11) is -3.23. The molecule has 156 valence electrons. The van der Waals surface area contributed by atoms with E-state index in [0.29, 0.717) is 12.5 Å². The van der Waals surface area contributed by atoms with E-state index in [1.165, 1.54) is 0 Å². The van der Waals surface area contributed by atoms with Gasteiger partial charge in [-0.15, -0.1) is 0 Å². The second kappa shape index (κ2) is 9.68. The van der Waals surface area contributed by atoms with Crippen molar-refractivity contribution in [1.29, 1.82) is 0 Å². The molecule has 0 aromatic carbocycles. The Morgan fingerprint density at radius 1 is 0.889 bits per heavy atom. The summed E-state index contributed by atoms with van der Waals surface area (Å²) in [6.45, 7) is 21.2. The highest BCUT2D eigenvalue weighted by Gasteiger charge is 2.34. The first-order chi connectivity index (χ1) is 11.9. The molecule has 0 radical (unpaired) electrons. The molecule has 0 rings (SSSR count). The lowest BCUT2D eigenvalue weighted by atomic mass is 9.96. The lowest BCUT2D eigenvalue weighted by Gasteiger charge is -2.24. The number of rotatable bonds is 9. The van der Waals surface area contributed by atoms with E-state index in [4.69, 9.17) is 14.2 Å². The van der Waals surface area contributed by atoms with Gasteiger partial charge in [0.25, 0.3) is 0 Å². The molecule has 0 N–H and O–H groups in total. The Morgan fingerprint density at radius 2 is 1.33 bits per heavy atom. The lowest BCUT2D eigenvalue weighted by Crippen LogP contribution is -2.36. The topological polar surface area (TPSA) is 78.9 Å². The molecule has 0 saturated carbocycles. The molecular weight excluding hydrogens is 380 g/mol. The van der Waals surface area contributed by atoms with Gasteiger partial charge >= 0.3 is 17.9 Å². The monoisotopic (exact) mass is 416 g/mol. The number of ether oxygens (including phenoxy) is 3. The average Bonchev–Trinajstić information content (AvgIpc) is 2.44. The predicted molar refractivity (Wildman–Crippen MR) is 112 cm³/mol. The highest BCUT2D eigenvalue weighted by molar-refractivity contribution is 6.76. The van der Waals surface area contributed by atoms with Crippen molar-refractivity contribution in [1.82, 2.24) is 0 Å². The SMILES string of the molecule is C=C(C(=O)OC(C)(C)C)C(CC(=O)OC[Si](C)(C)C)C(=O)OC[Si](C)(C)C. The third-order valence-electron chi connectivity index (χ3n) is 3.05. The fourth-order valence-electron chi connectivity index (χ4n) is 1.75. The Hall–Kier alpha value is -1.42. The molecule has 0 aromatic rings. The summed E-state index contributed by atoms with van der Waals surface area (Å²) in [5.74, 6) is -3.00. The summed E-state index contributed by atoms with van der Waals surface area (Å²) in [4.78, 5) is 37.1. The number of carbonyl (C=O) groups is 3. The molecule has 0 aliphatic heterocycles. The summed E-state index contributed by atoms with van der Waals surface area (Å²) in [6, 6.07) is 0. The molecule has 0 fully saturated rings. The molecule has 1 atom stereocenters. The van der Waals surface area contributed by atoms with E-state index in [2.05, 4.69) is 45.9 Å². The van der Waals surface area contributed by atoms with Gasteiger partial charge in [-0.25, -0.2) is 4.79 Å². The van der Waals surface area contributed by atoms with E-state index in [1.54, 1.807) is 20.8 Å². The summed E-state index contributed by atoms with van der Waals surface area (Å²) in [5, 5.41) is 0. The van der Waals surface area contributed by atoms with Crippen molar-refractivity contribution in [2.45, 2.75) is 72.1 Å². The molecule has 0 bridgehead atoms. The smallest absolute Gasteiger partial charge is 0.334 e. The Balaban J connectivity index is 5.25. The molecular formula is C19H36O6Si2. The number of esters is 3. The van der Waals surface area contributed by atoms with Crippen LogP contribution in [0.5, 0.6) is 0 Å². The van der Waals surface area contributed by atoms with Crippen LogP contribution < -0.4 is 0 Å². The van der Waals surface area contributed by atoms with Crippen molar-refractivity contribution in [3.8, 4) is 0 Å². The van der Waals surface area contributed by atoms with E-state index in [1.807, 2.05) is 0 Å². The molecule has 8 heteroatoms. The zero-order valence-electron chi connectivity index (χ0n) is 18.4. The van der Waals surface area contributed by atoms with Crippen molar-refractivity contribution in [2.75, 3.05) is 12.5 Å². The Morgan fingerprint density at radius 3 is 1.74 bits per heavy atom. The van der Waals surface area contributed by atoms with Crippen LogP contribution in [0.1, 0.15) is 27.2 Å². The third kappa shape index (κ3) is 12.6. The average molecular weight is 417 g/mol. The summed E-state index contributed by atoms with van der Waals surface area (Å²) in [6.07, 6.45) is 0.363. The molecule has 27 heavy (non-hydrogen) atoms. The minimum atomic E-state index is -1.65. The summed E-state index contributed by atoms with van der Waals surface area (Å²) >= 11 is 0. The van der Waals surface area contributed by atoms with Gasteiger partial charge in [0, 0.05) is 5.57 Å². The van der Waals surface area contributed by atoms with Gasteiger partial charge in [0.15, 0.2) is 0 Å². The largest absolute Gasteiger partial charge is 0.469 e. The highest BCUT2D eigenvalue weighted by Crippen LogP contribution is 2.22. The molecule has 0 amide bonds. The minimum absolute atomic E-state index is 0.0875. The van der Waals surface area contributed by atoms with Crippen LogP contribution in [-0.2, 0) is 28.6 Å². The third-order valence-corrected chi connectivity index (χ3v) is 5.07. The second-order valence-electron chi connectivity index (χ2n) is 10.2. The summed E-state index contributed by atoms with van der Waals surface area (Å²) in [5.41, 5.74) is -0.819. The van der Waals surface area contributed by atoms with E-state index in [0.717, 1.165) is 0 Å². The Bertz CT molecular complexity index is 564. The molecule has 0 aromatic heterocycles. The van der Waals surface area contributed by atoms with Gasteiger partial charge in [-0.1, -0.05) is 45.9 Å². The normalized spacial score (nSPS) is 13.5. The van der Waals surface area contributed by atoms with Gasteiger partial charge in [-0.2, -0.15) is 0 Å². The number of carbonyl (C=O) groups excluding carboxylic acids is 3. The molecule has 0 heterocycles. The van der Waals surface area contributed by atoms with Gasteiger partial charge in [0.05, 0.1) is 40.9 Å². The van der Waals surface area contributed by atoms with Crippen LogP contribution in [0.3, 0.4) is 0 Å².